The van der Waals surface area contributed by atoms with Crippen molar-refractivity contribution in [3.05, 3.63) is 82.3 Å². The van der Waals surface area contributed by atoms with Crippen LogP contribution in [-0.2, 0) is 24.3 Å². The van der Waals surface area contributed by atoms with Gasteiger partial charge >= 0.3 is 5.97 Å². The molecule has 0 saturated carbocycles. The molecule has 2 aromatic rings. The zero-order valence-electron chi connectivity index (χ0n) is 24.3. The largest absolute Gasteiger partial charge is 0.463 e. The molecule has 0 spiro atoms. The normalized spacial score (nSPS) is 21.6. The van der Waals surface area contributed by atoms with Crippen molar-refractivity contribution in [3.8, 4) is 0 Å². The van der Waals surface area contributed by atoms with Crippen molar-refractivity contribution in [1.82, 2.24) is 4.31 Å². The standard InChI is InChI=1S/C32H39N3O5S/c1-5-40-31(37)29-27(22-11-9-21(2)10-12-22)28-25(19-32(3,4)20-26(28)36)35(30(29)33)23-13-15-24(16-14-23)41(38,39)34-17-7-6-8-18-34/h9-16,27H,5-8,17-20,33H2,1-4H3. The first-order chi connectivity index (χ1) is 19.4. The second kappa shape index (κ2) is 11.1. The quantitative estimate of drug-likeness (QED) is 0.473. The highest BCUT2D eigenvalue weighted by Gasteiger charge is 2.46. The van der Waals surface area contributed by atoms with Gasteiger partial charge in [0.05, 0.1) is 23.0 Å². The lowest BCUT2D eigenvalue weighted by atomic mass is 9.68. The SMILES string of the molecule is CCOC(=O)C1=C(N)N(c2ccc(S(=O)(=O)N3CCCCC3)cc2)C2=C(C(=O)CC(C)(C)C2)C1c1ccc(C)cc1. The molecule has 2 aliphatic heterocycles. The monoisotopic (exact) mass is 577 g/mol. The van der Waals surface area contributed by atoms with Crippen LogP contribution in [0.4, 0.5) is 5.69 Å². The molecule has 41 heavy (non-hydrogen) atoms. The number of carbonyl (C=O) groups is 2. The van der Waals surface area contributed by atoms with Gasteiger partial charge in [0.1, 0.15) is 5.82 Å². The highest BCUT2D eigenvalue weighted by molar-refractivity contribution is 7.89. The van der Waals surface area contributed by atoms with E-state index in [1.165, 1.54) is 4.31 Å². The second-order valence-corrected chi connectivity index (χ2v) is 13.9. The Kier molecular flexibility index (Phi) is 7.87. The Balaban J connectivity index is 1.66. The third-order valence-corrected chi connectivity index (χ3v) is 10.1. The van der Waals surface area contributed by atoms with Gasteiger partial charge in [-0.1, -0.05) is 50.1 Å². The number of piperidine rings is 1. The van der Waals surface area contributed by atoms with Crippen LogP contribution in [0.1, 0.15) is 69.9 Å². The van der Waals surface area contributed by atoms with Gasteiger partial charge in [0.15, 0.2) is 5.78 Å². The summed E-state index contributed by atoms with van der Waals surface area (Å²) in [5.74, 6) is -1.09. The molecule has 0 radical (unpaired) electrons. The topological polar surface area (TPSA) is 110 Å². The highest BCUT2D eigenvalue weighted by Crippen LogP contribution is 2.50. The number of hydrogen-bond donors (Lipinski definition) is 1. The molecule has 0 amide bonds. The van der Waals surface area contributed by atoms with Crippen molar-refractivity contribution < 1.29 is 22.7 Å². The molecule has 0 aromatic heterocycles. The molecule has 0 bridgehead atoms. The number of carbonyl (C=O) groups excluding carboxylic acids is 2. The number of hydrogen-bond acceptors (Lipinski definition) is 7. The van der Waals surface area contributed by atoms with Crippen molar-refractivity contribution in [2.24, 2.45) is 11.1 Å². The number of nitrogens with zero attached hydrogens (tertiary/aromatic N) is 2. The van der Waals surface area contributed by atoms with Crippen LogP contribution in [0.3, 0.4) is 0 Å². The lowest BCUT2D eigenvalue weighted by molar-refractivity contribution is -0.138. The van der Waals surface area contributed by atoms with Crippen LogP contribution in [0.2, 0.25) is 0 Å². The van der Waals surface area contributed by atoms with E-state index in [9.17, 15) is 18.0 Å². The van der Waals surface area contributed by atoms with E-state index in [1.807, 2.05) is 45.0 Å². The summed E-state index contributed by atoms with van der Waals surface area (Å²) in [6.45, 7) is 9.00. The van der Waals surface area contributed by atoms with Gasteiger partial charge in [-0.05, 0) is 68.4 Å². The molecule has 1 aliphatic carbocycles. The Labute approximate surface area is 242 Å². The number of rotatable bonds is 6. The van der Waals surface area contributed by atoms with Crippen molar-refractivity contribution in [2.45, 2.75) is 70.6 Å². The van der Waals surface area contributed by atoms with Crippen LogP contribution in [-0.4, -0.2) is 44.2 Å². The molecular weight excluding hydrogens is 538 g/mol. The summed E-state index contributed by atoms with van der Waals surface area (Å²) in [6.07, 6.45) is 3.63. The number of ether oxygens (including phenoxy) is 1. The summed E-state index contributed by atoms with van der Waals surface area (Å²) < 4.78 is 33.6. The van der Waals surface area contributed by atoms with Crippen molar-refractivity contribution in [3.63, 3.8) is 0 Å². The molecule has 1 atom stereocenters. The first kappa shape index (κ1) is 29.1. The Hall–Kier alpha value is -3.43. The van der Waals surface area contributed by atoms with E-state index in [-0.39, 0.29) is 34.1 Å². The fourth-order valence-corrected chi connectivity index (χ4v) is 7.74. The van der Waals surface area contributed by atoms with E-state index in [0.717, 1.165) is 36.1 Å². The number of sulfonamides is 1. The van der Waals surface area contributed by atoms with Crippen LogP contribution in [0.15, 0.2) is 76.1 Å². The summed E-state index contributed by atoms with van der Waals surface area (Å²) in [4.78, 5) is 29.3. The molecule has 2 N–H and O–H groups in total. The molecule has 218 valence electrons. The van der Waals surface area contributed by atoms with Gasteiger partial charge in [0.2, 0.25) is 10.0 Å². The van der Waals surface area contributed by atoms with E-state index in [2.05, 4.69) is 0 Å². The number of anilines is 1. The maximum absolute atomic E-state index is 13.9. The average molecular weight is 578 g/mol. The smallest absolute Gasteiger partial charge is 0.338 e. The van der Waals surface area contributed by atoms with E-state index in [4.69, 9.17) is 10.5 Å². The lowest BCUT2D eigenvalue weighted by Crippen LogP contribution is -2.43. The number of allylic oxidation sites excluding steroid dienone is 2. The molecule has 5 rings (SSSR count). The number of esters is 1. The van der Waals surface area contributed by atoms with Crippen LogP contribution >= 0.6 is 0 Å². The van der Waals surface area contributed by atoms with Gasteiger partial charge in [-0.2, -0.15) is 4.31 Å². The Morgan fingerprint density at radius 1 is 1.00 bits per heavy atom. The summed E-state index contributed by atoms with van der Waals surface area (Å²) in [5.41, 5.74) is 10.5. The van der Waals surface area contributed by atoms with E-state index < -0.39 is 21.9 Å². The Morgan fingerprint density at radius 2 is 1.63 bits per heavy atom. The van der Waals surface area contributed by atoms with Gasteiger partial charge < -0.3 is 10.5 Å². The third-order valence-electron chi connectivity index (χ3n) is 8.21. The molecule has 2 heterocycles. The molecular formula is C32H39N3O5S. The fourth-order valence-electron chi connectivity index (χ4n) is 6.23. The maximum Gasteiger partial charge on any atom is 0.338 e. The highest BCUT2D eigenvalue weighted by atomic mass is 32.2. The number of benzene rings is 2. The average Bonchev–Trinajstić information content (AvgIpc) is 2.93. The molecule has 1 saturated heterocycles. The molecule has 9 heteroatoms. The fraction of sp³-hybridized carbons (Fsp3) is 0.438. The van der Waals surface area contributed by atoms with Crippen molar-refractivity contribution in [2.75, 3.05) is 24.6 Å². The minimum Gasteiger partial charge on any atom is -0.463 e. The summed E-state index contributed by atoms with van der Waals surface area (Å²) in [7, 11) is -3.62. The van der Waals surface area contributed by atoms with Gasteiger partial charge in [-0.15, -0.1) is 0 Å². The Morgan fingerprint density at radius 3 is 2.24 bits per heavy atom. The Bertz CT molecular complexity index is 1520. The number of ketones is 1. The second-order valence-electron chi connectivity index (χ2n) is 12.0. The summed E-state index contributed by atoms with van der Waals surface area (Å²) in [6, 6.07) is 14.3. The maximum atomic E-state index is 13.9. The van der Waals surface area contributed by atoms with E-state index in [0.29, 0.717) is 37.2 Å². The number of nitrogens with two attached hydrogens (primary N) is 1. The molecule has 1 unspecified atom stereocenters. The number of aryl methyl sites for hydroxylation is 1. The minimum atomic E-state index is -3.62. The predicted molar refractivity (Wildman–Crippen MR) is 158 cm³/mol. The first-order valence-electron chi connectivity index (χ1n) is 14.3. The first-order valence-corrected chi connectivity index (χ1v) is 15.8. The van der Waals surface area contributed by atoms with Crippen molar-refractivity contribution in [1.29, 1.82) is 0 Å². The van der Waals surface area contributed by atoms with Gasteiger partial charge in [0, 0.05) is 36.5 Å². The summed E-state index contributed by atoms with van der Waals surface area (Å²) >= 11 is 0. The van der Waals surface area contributed by atoms with E-state index in [1.54, 1.807) is 36.1 Å². The minimum absolute atomic E-state index is 0.0366. The zero-order chi connectivity index (χ0) is 29.5. The van der Waals surface area contributed by atoms with Gasteiger partial charge in [-0.25, -0.2) is 13.2 Å². The molecule has 2 aromatic carbocycles. The van der Waals surface area contributed by atoms with Crippen LogP contribution < -0.4 is 10.6 Å². The zero-order valence-corrected chi connectivity index (χ0v) is 25.1. The number of Topliss-reactive ketones (excluding diaryl/α,β-unsaturated/α-hetero) is 1. The summed E-state index contributed by atoms with van der Waals surface area (Å²) in [5, 5.41) is 0. The molecule has 3 aliphatic rings. The van der Waals surface area contributed by atoms with Gasteiger partial charge in [-0.3, -0.25) is 9.69 Å². The van der Waals surface area contributed by atoms with Crippen LogP contribution in [0, 0.1) is 12.3 Å². The van der Waals surface area contributed by atoms with E-state index >= 15 is 0 Å². The van der Waals surface area contributed by atoms with Crippen LogP contribution in [0.25, 0.3) is 0 Å². The lowest BCUT2D eigenvalue weighted by Gasteiger charge is -2.44. The van der Waals surface area contributed by atoms with Gasteiger partial charge in [0.25, 0.3) is 0 Å². The van der Waals surface area contributed by atoms with Crippen LogP contribution in [0.5, 0.6) is 0 Å². The predicted octanol–water partition coefficient (Wildman–Crippen LogP) is 5.15. The molecule has 1 fully saturated rings. The third kappa shape index (κ3) is 5.45. The van der Waals surface area contributed by atoms with Crippen molar-refractivity contribution >= 4 is 27.5 Å². The molecule has 8 nitrogen and oxygen atoms in total.